The molecule has 1 aromatic heterocycles. The van der Waals surface area contributed by atoms with E-state index < -0.39 is 0 Å². The molecular weight excluding hydrogens is 280 g/mol. The number of Topliss-reactive ketones (excluding diaryl/α,β-unsaturated/α-hetero) is 1. The molecule has 0 amide bonds. The van der Waals surface area contributed by atoms with Crippen molar-refractivity contribution in [2.75, 3.05) is 19.6 Å². The summed E-state index contributed by atoms with van der Waals surface area (Å²) < 4.78 is 0. The first kappa shape index (κ1) is 13.2. The van der Waals surface area contributed by atoms with E-state index in [-0.39, 0.29) is 17.2 Å². The van der Waals surface area contributed by atoms with Gasteiger partial charge in [-0.15, -0.1) is 11.3 Å². The first-order valence-corrected chi connectivity index (χ1v) is 8.29. The summed E-state index contributed by atoms with van der Waals surface area (Å²) in [6, 6.07) is 12.2. The molecule has 0 aliphatic carbocycles. The van der Waals surface area contributed by atoms with Gasteiger partial charge in [-0.1, -0.05) is 30.3 Å². The van der Waals surface area contributed by atoms with Crippen LogP contribution >= 0.6 is 11.3 Å². The lowest BCUT2D eigenvalue weighted by molar-refractivity contribution is 0.0625. The molecule has 0 saturated carbocycles. The normalized spacial score (nSPS) is 27.7. The quantitative estimate of drug-likeness (QED) is 0.856. The van der Waals surface area contributed by atoms with E-state index in [1.165, 1.54) is 10.4 Å². The van der Waals surface area contributed by atoms with E-state index in [0.717, 1.165) is 31.6 Å². The monoisotopic (exact) mass is 298 g/mol. The first-order valence-electron chi connectivity index (χ1n) is 7.41. The van der Waals surface area contributed by atoms with Crippen molar-refractivity contribution in [3.05, 3.63) is 47.3 Å². The summed E-state index contributed by atoms with van der Waals surface area (Å²) in [5, 5.41) is 8.79. The highest BCUT2D eigenvalue weighted by atomic mass is 32.1. The molecule has 2 saturated heterocycles. The molecule has 2 N–H and O–H groups in total. The third-order valence-corrected chi connectivity index (χ3v) is 5.70. The summed E-state index contributed by atoms with van der Waals surface area (Å²) in [5.41, 5.74) is 2.16. The lowest BCUT2D eigenvalue weighted by atomic mass is 9.70. The number of ketones is 1. The van der Waals surface area contributed by atoms with Crippen LogP contribution < -0.4 is 10.6 Å². The van der Waals surface area contributed by atoms with Gasteiger partial charge in [-0.3, -0.25) is 4.79 Å². The van der Waals surface area contributed by atoms with E-state index in [4.69, 9.17) is 0 Å². The van der Waals surface area contributed by atoms with E-state index in [9.17, 15) is 4.79 Å². The van der Waals surface area contributed by atoms with Gasteiger partial charge in [-0.05, 0) is 30.0 Å². The molecule has 1 spiro atoms. The summed E-state index contributed by atoms with van der Waals surface area (Å²) in [7, 11) is 0. The minimum atomic E-state index is -0.0138. The van der Waals surface area contributed by atoms with Crippen LogP contribution in [-0.4, -0.2) is 31.5 Å². The van der Waals surface area contributed by atoms with Crippen molar-refractivity contribution in [3.8, 4) is 10.4 Å². The van der Waals surface area contributed by atoms with Crippen LogP contribution in [0.15, 0.2) is 41.8 Å². The largest absolute Gasteiger partial charge is 0.316 e. The van der Waals surface area contributed by atoms with Crippen LogP contribution in [0, 0.1) is 5.41 Å². The maximum Gasteiger partial charge on any atom is 0.180 e. The Morgan fingerprint density at radius 1 is 1.19 bits per heavy atom. The van der Waals surface area contributed by atoms with Gasteiger partial charge in [0.2, 0.25) is 0 Å². The third kappa shape index (κ3) is 2.14. The zero-order valence-corrected chi connectivity index (χ0v) is 12.6. The summed E-state index contributed by atoms with van der Waals surface area (Å²) >= 11 is 1.72. The van der Waals surface area contributed by atoms with Gasteiger partial charge < -0.3 is 10.6 Å². The molecule has 2 aromatic rings. The van der Waals surface area contributed by atoms with E-state index >= 15 is 0 Å². The average molecular weight is 298 g/mol. The smallest absolute Gasteiger partial charge is 0.180 e. The summed E-state index contributed by atoms with van der Waals surface area (Å²) in [6.45, 7) is 2.95. The fourth-order valence-corrected chi connectivity index (χ4v) is 4.17. The molecule has 108 valence electrons. The van der Waals surface area contributed by atoms with E-state index in [1.54, 1.807) is 11.3 Å². The highest BCUT2D eigenvalue weighted by Crippen LogP contribution is 2.37. The zero-order chi connectivity index (χ0) is 14.3. The van der Waals surface area contributed by atoms with Gasteiger partial charge in [0.1, 0.15) is 0 Å². The average Bonchev–Trinajstić information content (AvgIpc) is 3.19. The Hall–Kier alpha value is -1.49. The summed E-state index contributed by atoms with van der Waals surface area (Å²) in [6.07, 6.45) is 1.10. The fourth-order valence-electron chi connectivity index (χ4n) is 3.43. The fraction of sp³-hybridized carbons (Fsp3) is 0.353. The number of carbonyl (C=O) groups is 1. The predicted molar refractivity (Wildman–Crippen MR) is 85.8 cm³/mol. The second-order valence-corrected chi connectivity index (χ2v) is 6.97. The van der Waals surface area contributed by atoms with Crippen molar-refractivity contribution < 1.29 is 4.79 Å². The minimum absolute atomic E-state index is 0.0138. The van der Waals surface area contributed by atoms with Crippen LogP contribution in [0.4, 0.5) is 0 Å². The number of rotatable bonds is 3. The molecule has 0 bridgehead atoms. The number of thiophene rings is 1. The highest BCUT2D eigenvalue weighted by molar-refractivity contribution is 7.13. The number of nitrogens with one attached hydrogen (secondary N) is 2. The van der Waals surface area contributed by atoms with Crippen LogP contribution in [0.2, 0.25) is 0 Å². The lowest BCUT2D eigenvalue weighted by Crippen LogP contribution is -2.66. The molecule has 2 aliphatic heterocycles. The second-order valence-electron chi connectivity index (χ2n) is 6.02. The van der Waals surface area contributed by atoms with Crippen LogP contribution in [-0.2, 0) is 0 Å². The summed E-state index contributed by atoms with van der Waals surface area (Å²) in [5.74, 6) is 0.239. The first-order chi connectivity index (χ1) is 10.3. The van der Waals surface area contributed by atoms with Crippen molar-refractivity contribution >= 4 is 17.1 Å². The van der Waals surface area contributed by atoms with Gasteiger partial charge in [-0.25, -0.2) is 0 Å². The molecule has 21 heavy (non-hydrogen) atoms. The third-order valence-electron chi connectivity index (χ3n) is 4.78. The van der Waals surface area contributed by atoms with Crippen molar-refractivity contribution in [1.82, 2.24) is 10.6 Å². The predicted octanol–water partition coefficient (Wildman–Crippen LogP) is 2.55. The van der Waals surface area contributed by atoms with Gasteiger partial charge in [-0.2, -0.15) is 0 Å². The molecule has 2 aliphatic rings. The second kappa shape index (κ2) is 5.05. The van der Waals surface area contributed by atoms with Gasteiger partial charge in [0.05, 0.1) is 6.04 Å². The van der Waals surface area contributed by atoms with Crippen LogP contribution in [0.5, 0.6) is 0 Å². The molecule has 0 radical (unpaired) electrons. The van der Waals surface area contributed by atoms with E-state index in [2.05, 4.69) is 34.2 Å². The Bertz CT molecular complexity index is 642. The molecule has 4 rings (SSSR count). The number of hydrogen-bond acceptors (Lipinski definition) is 4. The Balaban J connectivity index is 1.55. The molecule has 2 unspecified atom stereocenters. The summed E-state index contributed by atoms with van der Waals surface area (Å²) in [4.78, 5) is 13.9. The maximum absolute atomic E-state index is 12.7. The Morgan fingerprint density at radius 3 is 2.62 bits per heavy atom. The Morgan fingerprint density at radius 2 is 2.05 bits per heavy atom. The van der Waals surface area contributed by atoms with Crippen molar-refractivity contribution in [2.24, 2.45) is 5.41 Å². The maximum atomic E-state index is 12.7. The van der Waals surface area contributed by atoms with Gasteiger partial charge in [0, 0.05) is 28.9 Å². The van der Waals surface area contributed by atoms with Crippen molar-refractivity contribution in [2.45, 2.75) is 12.5 Å². The zero-order valence-electron chi connectivity index (χ0n) is 11.8. The minimum Gasteiger partial charge on any atom is -0.316 e. The van der Waals surface area contributed by atoms with Crippen molar-refractivity contribution in [1.29, 1.82) is 0 Å². The molecular formula is C17H18N2OS. The molecule has 2 atom stereocenters. The van der Waals surface area contributed by atoms with Crippen LogP contribution in [0.1, 0.15) is 16.8 Å². The number of hydrogen-bond donors (Lipinski definition) is 2. The van der Waals surface area contributed by atoms with E-state index in [0.29, 0.717) is 0 Å². The molecule has 3 nitrogen and oxygen atoms in total. The SMILES string of the molecule is O=C(c1ccc(-c2cccs2)cc1)C1NCC12CCNC2. The number of carbonyl (C=O) groups excluding carboxylic acids is 1. The van der Waals surface area contributed by atoms with Crippen LogP contribution in [0.25, 0.3) is 10.4 Å². The number of benzene rings is 1. The standard InChI is InChI=1S/C17H18N2OS/c20-15(16-17(11-19-16)7-8-18-10-17)13-5-3-12(4-6-13)14-2-1-9-21-14/h1-6,9,16,18-19H,7-8,10-11H2. The Kier molecular flexibility index (Phi) is 3.17. The molecule has 4 heteroatoms. The van der Waals surface area contributed by atoms with Crippen molar-refractivity contribution in [3.63, 3.8) is 0 Å². The topological polar surface area (TPSA) is 41.1 Å². The van der Waals surface area contributed by atoms with Gasteiger partial charge >= 0.3 is 0 Å². The molecule has 1 aromatic carbocycles. The molecule has 3 heterocycles. The highest BCUT2D eigenvalue weighted by Gasteiger charge is 2.51. The molecule has 2 fully saturated rings. The van der Waals surface area contributed by atoms with Gasteiger partial charge in [0.25, 0.3) is 0 Å². The lowest BCUT2D eigenvalue weighted by Gasteiger charge is -2.46. The Labute approximate surface area is 128 Å². The van der Waals surface area contributed by atoms with Crippen LogP contribution in [0.3, 0.4) is 0 Å². The van der Waals surface area contributed by atoms with E-state index in [1.807, 2.05) is 18.2 Å². The van der Waals surface area contributed by atoms with Gasteiger partial charge in [0.15, 0.2) is 5.78 Å².